The number of aryl methyl sites for hydroxylation is 1. The second kappa shape index (κ2) is 5.94. The van der Waals surface area contributed by atoms with Gasteiger partial charge < -0.3 is 0 Å². The van der Waals surface area contributed by atoms with E-state index in [9.17, 15) is 0 Å². The summed E-state index contributed by atoms with van der Waals surface area (Å²) >= 11 is 0. The molecule has 0 heterocycles. The molecule has 0 N–H and O–H groups in total. The van der Waals surface area contributed by atoms with Crippen LogP contribution in [-0.4, -0.2) is 0 Å². The van der Waals surface area contributed by atoms with Crippen molar-refractivity contribution in [1.82, 2.24) is 0 Å². The van der Waals surface area contributed by atoms with E-state index in [2.05, 4.69) is 46.8 Å². The molecule has 2 rings (SSSR count). The van der Waals surface area contributed by atoms with Gasteiger partial charge in [-0.15, -0.1) is 0 Å². The summed E-state index contributed by atoms with van der Waals surface area (Å²) in [6.07, 6.45) is 5.81. The van der Waals surface area contributed by atoms with E-state index in [0.29, 0.717) is 0 Å². The van der Waals surface area contributed by atoms with Gasteiger partial charge in [0.2, 0.25) is 0 Å². The van der Waals surface area contributed by atoms with Crippen molar-refractivity contribution in [3.63, 3.8) is 0 Å². The summed E-state index contributed by atoms with van der Waals surface area (Å²) in [4.78, 5) is 0. The van der Waals surface area contributed by atoms with E-state index in [4.69, 9.17) is 0 Å². The molecule has 0 atom stereocenters. The summed E-state index contributed by atoms with van der Waals surface area (Å²) < 4.78 is 0. The lowest BCUT2D eigenvalue weighted by atomic mass is 9.88. The summed E-state index contributed by atoms with van der Waals surface area (Å²) in [5.41, 5.74) is 9.53. The van der Waals surface area contributed by atoms with Crippen molar-refractivity contribution < 1.29 is 0 Å². The molecule has 0 fully saturated rings. The zero-order chi connectivity index (χ0) is 14.0. The maximum atomic E-state index is 2.38. The summed E-state index contributed by atoms with van der Waals surface area (Å²) in [7, 11) is 0. The van der Waals surface area contributed by atoms with Gasteiger partial charge in [-0.3, -0.25) is 0 Å². The summed E-state index contributed by atoms with van der Waals surface area (Å²) in [6.45, 7) is 11.5. The topological polar surface area (TPSA) is 0 Å². The summed E-state index contributed by atoms with van der Waals surface area (Å²) in [6, 6.07) is 4.74. The molecule has 1 aliphatic carbocycles. The molecule has 19 heavy (non-hydrogen) atoms. The molecule has 0 bridgehead atoms. The zero-order valence-corrected chi connectivity index (χ0v) is 13.2. The van der Waals surface area contributed by atoms with Gasteiger partial charge in [0.15, 0.2) is 0 Å². The molecule has 0 saturated heterocycles. The number of hydrogen-bond donors (Lipinski definition) is 0. The molecule has 0 amide bonds. The largest absolute Gasteiger partial charge is 0.0642 e. The third kappa shape index (κ3) is 2.16. The molecule has 103 valence electrons. The Hall–Kier alpha value is -1.04. The molecule has 0 saturated carbocycles. The fraction of sp³-hybridized carbons (Fsp3) is 0.526. The fourth-order valence-electron chi connectivity index (χ4n) is 3.74. The normalized spacial score (nSPS) is 15.2. The number of fused-ring (bicyclic) bond motifs is 1. The molecule has 0 spiro atoms. The SMILES string of the molecule is CC[C]1C(CC)=C(CC)c2c1ccc(CC)c2CC. The van der Waals surface area contributed by atoms with E-state index in [1.165, 1.54) is 18.4 Å². The molecule has 0 heteroatoms. The van der Waals surface area contributed by atoms with E-state index >= 15 is 0 Å². The van der Waals surface area contributed by atoms with Gasteiger partial charge in [-0.1, -0.05) is 52.3 Å². The Bertz CT molecular complexity index is 491. The number of benzene rings is 1. The average Bonchev–Trinajstić information content (AvgIpc) is 2.78. The first-order valence-corrected chi connectivity index (χ1v) is 7.96. The molecule has 0 aliphatic heterocycles. The van der Waals surface area contributed by atoms with E-state index in [0.717, 1.165) is 19.3 Å². The van der Waals surface area contributed by atoms with Crippen molar-refractivity contribution in [3.05, 3.63) is 45.9 Å². The average molecular weight is 255 g/mol. The van der Waals surface area contributed by atoms with E-state index in [-0.39, 0.29) is 0 Å². The van der Waals surface area contributed by atoms with E-state index in [1.54, 1.807) is 33.8 Å². The van der Waals surface area contributed by atoms with Gasteiger partial charge in [0.25, 0.3) is 0 Å². The van der Waals surface area contributed by atoms with Crippen LogP contribution in [0.1, 0.15) is 76.1 Å². The Morgan fingerprint density at radius 1 is 0.684 bits per heavy atom. The highest BCUT2D eigenvalue weighted by Gasteiger charge is 2.30. The second-order valence-electron chi connectivity index (χ2n) is 5.33. The van der Waals surface area contributed by atoms with Crippen LogP contribution in [0.4, 0.5) is 0 Å². The number of rotatable bonds is 5. The molecule has 0 unspecified atom stereocenters. The molecule has 0 aromatic heterocycles. The van der Waals surface area contributed by atoms with Crippen LogP contribution >= 0.6 is 0 Å². The van der Waals surface area contributed by atoms with E-state index in [1.807, 2.05) is 0 Å². The Morgan fingerprint density at radius 3 is 1.84 bits per heavy atom. The van der Waals surface area contributed by atoms with Crippen LogP contribution in [0.2, 0.25) is 0 Å². The highest BCUT2D eigenvalue weighted by molar-refractivity contribution is 5.85. The number of allylic oxidation sites excluding steroid dienone is 2. The lowest BCUT2D eigenvalue weighted by Crippen LogP contribution is -2.01. The third-order valence-electron chi connectivity index (χ3n) is 4.56. The lowest BCUT2D eigenvalue weighted by Gasteiger charge is -2.16. The van der Waals surface area contributed by atoms with Crippen LogP contribution in [0.25, 0.3) is 5.57 Å². The van der Waals surface area contributed by atoms with Gasteiger partial charge in [0, 0.05) is 5.92 Å². The summed E-state index contributed by atoms with van der Waals surface area (Å²) in [5, 5.41) is 0. The first-order chi connectivity index (χ1) is 9.23. The van der Waals surface area contributed by atoms with Crippen molar-refractivity contribution in [1.29, 1.82) is 0 Å². The Labute approximate surface area is 118 Å². The molecule has 1 aromatic carbocycles. The zero-order valence-electron chi connectivity index (χ0n) is 13.2. The van der Waals surface area contributed by atoms with Crippen LogP contribution in [0.5, 0.6) is 0 Å². The standard InChI is InChI=1S/C19H27/c1-6-13-11-12-18-16(9-4)15(8-3)17(10-5)19(18)14(13)7-2/h11-12H,6-10H2,1-5H3. The molecule has 0 nitrogen and oxygen atoms in total. The highest BCUT2D eigenvalue weighted by Crippen LogP contribution is 2.47. The van der Waals surface area contributed by atoms with Crippen LogP contribution in [0.3, 0.4) is 0 Å². The molecular formula is C19H27. The van der Waals surface area contributed by atoms with Crippen LogP contribution in [0.15, 0.2) is 17.7 Å². The summed E-state index contributed by atoms with van der Waals surface area (Å²) in [5.74, 6) is 1.60. The quantitative estimate of drug-likeness (QED) is 0.630. The van der Waals surface area contributed by atoms with Crippen molar-refractivity contribution in [2.75, 3.05) is 0 Å². The second-order valence-corrected chi connectivity index (χ2v) is 5.33. The Kier molecular flexibility index (Phi) is 4.50. The molecule has 1 radical (unpaired) electrons. The van der Waals surface area contributed by atoms with Crippen LogP contribution in [-0.2, 0) is 12.8 Å². The maximum Gasteiger partial charge on any atom is 0.0305 e. The predicted octanol–water partition coefficient (Wildman–Crippen LogP) is 5.73. The predicted molar refractivity (Wildman–Crippen MR) is 85.3 cm³/mol. The molecule has 1 aliphatic rings. The van der Waals surface area contributed by atoms with Crippen LogP contribution in [0, 0.1) is 5.92 Å². The van der Waals surface area contributed by atoms with Gasteiger partial charge in [-0.05, 0) is 59.9 Å². The smallest absolute Gasteiger partial charge is 0.0305 e. The molecular weight excluding hydrogens is 228 g/mol. The minimum Gasteiger partial charge on any atom is -0.0642 e. The lowest BCUT2D eigenvalue weighted by molar-refractivity contribution is 0.933. The maximum absolute atomic E-state index is 2.38. The number of hydrogen-bond acceptors (Lipinski definition) is 0. The minimum absolute atomic E-state index is 1.15. The minimum atomic E-state index is 1.15. The van der Waals surface area contributed by atoms with Gasteiger partial charge in [-0.25, -0.2) is 0 Å². The van der Waals surface area contributed by atoms with E-state index < -0.39 is 0 Å². The van der Waals surface area contributed by atoms with Gasteiger partial charge in [0.1, 0.15) is 0 Å². The first kappa shape index (κ1) is 14.4. The monoisotopic (exact) mass is 255 g/mol. The molecule has 1 aromatic rings. The van der Waals surface area contributed by atoms with Gasteiger partial charge >= 0.3 is 0 Å². The van der Waals surface area contributed by atoms with Gasteiger partial charge in [0.05, 0.1) is 0 Å². The van der Waals surface area contributed by atoms with Crippen molar-refractivity contribution in [2.24, 2.45) is 0 Å². The van der Waals surface area contributed by atoms with Crippen molar-refractivity contribution in [2.45, 2.75) is 66.7 Å². The Morgan fingerprint density at radius 2 is 1.37 bits per heavy atom. The first-order valence-electron chi connectivity index (χ1n) is 7.96. The highest BCUT2D eigenvalue weighted by atomic mass is 14.3. The third-order valence-corrected chi connectivity index (χ3v) is 4.56. The fourth-order valence-corrected chi connectivity index (χ4v) is 3.74. The Balaban J connectivity index is 2.71. The van der Waals surface area contributed by atoms with Crippen molar-refractivity contribution >= 4 is 5.57 Å². The van der Waals surface area contributed by atoms with Crippen molar-refractivity contribution in [3.8, 4) is 0 Å². The van der Waals surface area contributed by atoms with Crippen LogP contribution < -0.4 is 0 Å². The van der Waals surface area contributed by atoms with Gasteiger partial charge in [-0.2, -0.15) is 0 Å².